The number of carbonyl (C=O) groups is 1. The minimum absolute atomic E-state index is 0.212. The van der Waals surface area contributed by atoms with Crippen LogP contribution >= 0.6 is 11.6 Å². The van der Waals surface area contributed by atoms with E-state index >= 15 is 0 Å². The molecule has 1 amide bonds. The van der Waals surface area contributed by atoms with Crippen LogP contribution < -0.4 is 5.73 Å². The van der Waals surface area contributed by atoms with Gasteiger partial charge in [-0.1, -0.05) is 66.2 Å². The zero-order chi connectivity index (χ0) is 19.4. The molecule has 0 spiro atoms. The first-order chi connectivity index (χ1) is 12.9. The van der Waals surface area contributed by atoms with Gasteiger partial charge in [-0.05, 0) is 41.0 Å². The van der Waals surface area contributed by atoms with Crippen LogP contribution in [0.1, 0.15) is 32.3 Å². The molecule has 0 aliphatic rings. The SMILES string of the molecule is NC(=O)c1cccc(CS(=O)(=O)C(c2ccccc2)c2ccc(Cl)cc2)c1. The van der Waals surface area contributed by atoms with Crippen LogP contribution in [0.2, 0.25) is 5.02 Å². The molecule has 0 radical (unpaired) electrons. The highest BCUT2D eigenvalue weighted by atomic mass is 35.5. The summed E-state index contributed by atoms with van der Waals surface area (Å²) in [7, 11) is -3.63. The van der Waals surface area contributed by atoms with Crippen LogP contribution in [-0.2, 0) is 15.6 Å². The van der Waals surface area contributed by atoms with E-state index < -0.39 is 21.0 Å². The Morgan fingerprint density at radius 1 is 0.889 bits per heavy atom. The number of sulfone groups is 1. The fourth-order valence-electron chi connectivity index (χ4n) is 3.00. The molecule has 27 heavy (non-hydrogen) atoms. The molecule has 3 aromatic rings. The Bertz CT molecular complexity index is 1050. The van der Waals surface area contributed by atoms with Crippen LogP contribution in [-0.4, -0.2) is 14.3 Å². The van der Waals surface area contributed by atoms with Gasteiger partial charge in [-0.15, -0.1) is 0 Å². The Labute approximate surface area is 163 Å². The molecule has 3 aromatic carbocycles. The summed E-state index contributed by atoms with van der Waals surface area (Å²) >= 11 is 5.96. The molecule has 3 rings (SSSR count). The zero-order valence-electron chi connectivity index (χ0n) is 14.4. The van der Waals surface area contributed by atoms with Crippen molar-refractivity contribution < 1.29 is 13.2 Å². The molecule has 1 unspecified atom stereocenters. The molecule has 0 heterocycles. The zero-order valence-corrected chi connectivity index (χ0v) is 16.0. The number of benzene rings is 3. The molecule has 1 atom stereocenters. The maximum Gasteiger partial charge on any atom is 0.248 e. The number of halogens is 1. The fourth-order valence-corrected chi connectivity index (χ4v) is 5.08. The highest BCUT2D eigenvalue weighted by Crippen LogP contribution is 2.33. The number of amides is 1. The van der Waals surface area contributed by atoms with E-state index in [0.29, 0.717) is 21.7 Å². The maximum atomic E-state index is 13.3. The van der Waals surface area contributed by atoms with Crippen molar-refractivity contribution in [2.45, 2.75) is 11.0 Å². The van der Waals surface area contributed by atoms with Crippen molar-refractivity contribution in [3.8, 4) is 0 Å². The molecule has 0 bridgehead atoms. The predicted molar refractivity (Wildman–Crippen MR) is 107 cm³/mol. The van der Waals surface area contributed by atoms with Crippen molar-refractivity contribution in [2.24, 2.45) is 5.73 Å². The van der Waals surface area contributed by atoms with Crippen molar-refractivity contribution in [3.05, 3.63) is 106 Å². The first-order valence-corrected chi connectivity index (χ1v) is 10.4. The number of nitrogens with two attached hydrogens (primary N) is 1. The van der Waals surface area contributed by atoms with E-state index in [9.17, 15) is 13.2 Å². The van der Waals surface area contributed by atoms with Gasteiger partial charge in [0.2, 0.25) is 5.91 Å². The maximum absolute atomic E-state index is 13.3. The van der Waals surface area contributed by atoms with Gasteiger partial charge in [-0.25, -0.2) is 8.42 Å². The van der Waals surface area contributed by atoms with Gasteiger partial charge in [0, 0.05) is 10.6 Å². The molecule has 4 nitrogen and oxygen atoms in total. The lowest BCUT2D eigenvalue weighted by Gasteiger charge is -2.19. The molecule has 0 fully saturated rings. The Balaban J connectivity index is 2.04. The van der Waals surface area contributed by atoms with E-state index in [1.165, 1.54) is 6.07 Å². The number of hydrogen-bond acceptors (Lipinski definition) is 3. The van der Waals surface area contributed by atoms with E-state index in [-0.39, 0.29) is 11.3 Å². The summed E-state index contributed by atoms with van der Waals surface area (Å²) < 4.78 is 26.6. The highest BCUT2D eigenvalue weighted by Gasteiger charge is 2.29. The Kier molecular flexibility index (Phi) is 5.63. The van der Waals surface area contributed by atoms with Gasteiger partial charge in [0.1, 0.15) is 5.25 Å². The van der Waals surface area contributed by atoms with E-state index in [1.807, 2.05) is 18.2 Å². The van der Waals surface area contributed by atoms with Crippen LogP contribution in [0.5, 0.6) is 0 Å². The fraction of sp³-hybridized carbons (Fsp3) is 0.0952. The van der Waals surface area contributed by atoms with Crippen LogP contribution in [0.3, 0.4) is 0 Å². The topological polar surface area (TPSA) is 77.2 Å². The number of carbonyl (C=O) groups excluding carboxylic acids is 1. The summed E-state index contributed by atoms with van der Waals surface area (Å²) in [6, 6.07) is 22.2. The van der Waals surface area contributed by atoms with Crippen LogP contribution in [0.15, 0.2) is 78.9 Å². The average molecular weight is 400 g/mol. The van der Waals surface area contributed by atoms with Crippen LogP contribution in [0, 0.1) is 0 Å². The highest BCUT2D eigenvalue weighted by molar-refractivity contribution is 7.91. The first kappa shape index (κ1) is 19.1. The smallest absolute Gasteiger partial charge is 0.248 e. The summed E-state index contributed by atoms with van der Waals surface area (Å²) in [4.78, 5) is 11.4. The molecule has 138 valence electrons. The van der Waals surface area contributed by atoms with Gasteiger partial charge in [0.05, 0.1) is 5.75 Å². The molecule has 0 saturated heterocycles. The third-order valence-electron chi connectivity index (χ3n) is 4.21. The molecule has 0 saturated carbocycles. The normalized spacial score (nSPS) is 12.5. The summed E-state index contributed by atoms with van der Waals surface area (Å²) in [6.45, 7) is 0. The molecule has 6 heteroatoms. The van der Waals surface area contributed by atoms with Crippen molar-refractivity contribution in [1.82, 2.24) is 0 Å². The Morgan fingerprint density at radius 2 is 1.52 bits per heavy atom. The lowest BCUT2D eigenvalue weighted by molar-refractivity contribution is 0.1000. The molecule has 0 aliphatic heterocycles. The van der Waals surface area contributed by atoms with Gasteiger partial charge in [0.25, 0.3) is 0 Å². The minimum atomic E-state index is -3.63. The lowest BCUT2D eigenvalue weighted by Crippen LogP contribution is -2.17. The van der Waals surface area contributed by atoms with Crippen LogP contribution in [0.4, 0.5) is 0 Å². The van der Waals surface area contributed by atoms with Gasteiger partial charge in [0.15, 0.2) is 9.84 Å². The summed E-state index contributed by atoms with van der Waals surface area (Å²) in [5.41, 5.74) is 7.41. The predicted octanol–water partition coefficient (Wildman–Crippen LogP) is 4.14. The van der Waals surface area contributed by atoms with E-state index in [0.717, 1.165) is 0 Å². The quantitative estimate of drug-likeness (QED) is 0.676. The molecule has 0 aromatic heterocycles. The second-order valence-electron chi connectivity index (χ2n) is 6.21. The summed E-state index contributed by atoms with van der Waals surface area (Å²) in [5, 5.41) is -0.301. The monoisotopic (exact) mass is 399 g/mol. The average Bonchev–Trinajstić information content (AvgIpc) is 2.64. The third-order valence-corrected chi connectivity index (χ3v) is 6.46. The van der Waals surface area contributed by atoms with Gasteiger partial charge < -0.3 is 5.73 Å². The molecule has 2 N–H and O–H groups in total. The number of rotatable bonds is 6. The van der Waals surface area contributed by atoms with E-state index in [4.69, 9.17) is 17.3 Å². The van der Waals surface area contributed by atoms with Crippen molar-refractivity contribution in [3.63, 3.8) is 0 Å². The summed E-state index contributed by atoms with van der Waals surface area (Å²) in [5.74, 6) is -0.803. The van der Waals surface area contributed by atoms with E-state index in [1.54, 1.807) is 54.6 Å². The van der Waals surface area contributed by atoms with Gasteiger partial charge in [-0.3, -0.25) is 4.79 Å². The Hall–Kier alpha value is -2.63. The van der Waals surface area contributed by atoms with Crippen LogP contribution in [0.25, 0.3) is 0 Å². The number of primary amides is 1. The van der Waals surface area contributed by atoms with Crippen molar-refractivity contribution in [1.29, 1.82) is 0 Å². The van der Waals surface area contributed by atoms with E-state index in [2.05, 4.69) is 0 Å². The largest absolute Gasteiger partial charge is 0.366 e. The second kappa shape index (κ2) is 7.94. The molecular weight excluding hydrogens is 382 g/mol. The van der Waals surface area contributed by atoms with Crippen molar-refractivity contribution >= 4 is 27.3 Å². The standard InChI is InChI=1S/C21H18ClNO3S/c22-19-11-9-17(10-12-19)20(16-6-2-1-3-7-16)27(25,26)14-15-5-4-8-18(13-15)21(23)24/h1-13,20H,14H2,(H2,23,24). The van der Waals surface area contributed by atoms with Crippen molar-refractivity contribution in [2.75, 3.05) is 0 Å². The first-order valence-electron chi connectivity index (χ1n) is 8.27. The second-order valence-corrected chi connectivity index (χ2v) is 8.74. The Morgan fingerprint density at radius 3 is 2.15 bits per heavy atom. The van der Waals surface area contributed by atoms with Gasteiger partial charge in [-0.2, -0.15) is 0 Å². The summed E-state index contributed by atoms with van der Waals surface area (Å²) in [6.07, 6.45) is 0. The number of hydrogen-bond donors (Lipinski definition) is 1. The minimum Gasteiger partial charge on any atom is -0.366 e. The lowest BCUT2D eigenvalue weighted by atomic mass is 10.0. The molecular formula is C21H18ClNO3S. The molecule has 0 aliphatic carbocycles. The van der Waals surface area contributed by atoms with Gasteiger partial charge >= 0.3 is 0 Å². The third kappa shape index (κ3) is 4.56.